The summed E-state index contributed by atoms with van der Waals surface area (Å²) in [4.78, 5) is 39.2. The molecule has 2 aliphatic heterocycles. The van der Waals surface area contributed by atoms with Crippen molar-refractivity contribution in [3.05, 3.63) is 47.4 Å². The number of methoxy groups -OCH3 is 2. The minimum Gasteiger partial charge on any atom is -0.493 e. The van der Waals surface area contributed by atoms with Crippen LogP contribution in [0.25, 0.3) is 0 Å². The van der Waals surface area contributed by atoms with Crippen LogP contribution in [0, 0.1) is 0 Å². The summed E-state index contributed by atoms with van der Waals surface area (Å²) >= 11 is 0. The van der Waals surface area contributed by atoms with Gasteiger partial charge in [-0.25, -0.2) is 4.79 Å². The third-order valence-corrected chi connectivity index (χ3v) is 5.09. The maximum atomic E-state index is 12.7. The number of fused-ring (bicyclic) bond motifs is 1. The van der Waals surface area contributed by atoms with Gasteiger partial charge in [-0.05, 0) is 30.7 Å². The second-order valence-corrected chi connectivity index (χ2v) is 6.68. The summed E-state index contributed by atoms with van der Waals surface area (Å²) in [5.74, 6) is -0.00740. The third-order valence-electron chi connectivity index (χ3n) is 5.09. The van der Waals surface area contributed by atoms with Gasteiger partial charge in [-0.15, -0.1) is 0 Å². The van der Waals surface area contributed by atoms with Crippen molar-refractivity contribution in [2.24, 2.45) is 0 Å². The first-order valence-electron chi connectivity index (χ1n) is 9.12. The summed E-state index contributed by atoms with van der Waals surface area (Å²) in [5, 5.41) is 2.77. The highest BCUT2D eigenvalue weighted by molar-refractivity contribution is 5.99. The zero-order valence-electron chi connectivity index (χ0n) is 16.0. The minimum absolute atomic E-state index is 0.190. The van der Waals surface area contributed by atoms with Gasteiger partial charge in [0.15, 0.2) is 11.5 Å². The van der Waals surface area contributed by atoms with Crippen LogP contribution in [0.15, 0.2) is 34.9 Å². The molecule has 2 amide bonds. The predicted octanol–water partition coefficient (Wildman–Crippen LogP) is 1.77. The third kappa shape index (κ3) is 3.18. The molecular formula is C20H20N2O7. The molecule has 9 heteroatoms. The highest BCUT2D eigenvalue weighted by Gasteiger charge is 2.47. The number of hydrogen-bond donors (Lipinski definition) is 1. The zero-order valence-corrected chi connectivity index (χ0v) is 16.0. The number of benzene rings is 1. The van der Waals surface area contributed by atoms with Crippen LogP contribution in [0.1, 0.15) is 40.8 Å². The van der Waals surface area contributed by atoms with E-state index in [4.69, 9.17) is 18.6 Å². The molecule has 0 unspecified atom stereocenters. The number of ether oxygens (including phenoxy) is 3. The zero-order chi connectivity index (χ0) is 20.5. The van der Waals surface area contributed by atoms with E-state index in [-0.39, 0.29) is 36.1 Å². The minimum atomic E-state index is -0.994. The molecule has 3 heterocycles. The summed E-state index contributed by atoms with van der Waals surface area (Å²) in [6, 6.07) is 6.00. The second-order valence-electron chi connectivity index (χ2n) is 6.68. The fraction of sp³-hybridized carbons (Fsp3) is 0.350. The SMILES string of the molecule is COc1ccc2c(c1OC)C(=O)O[C@@H]2N1C(=O)CC[C@@H]1C(=O)NCc1ccco1. The number of cyclic esters (lactones) is 1. The van der Waals surface area contributed by atoms with Crippen molar-refractivity contribution >= 4 is 17.8 Å². The smallest absolute Gasteiger partial charge is 0.344 e. The van der Waals surface area contributed by atoms with Gasteiger partial charge in [-0.2, -0.15) is 0 Å². The molecule has 9 nitrogen and oxygen atoms in total. The van der Waals surface area contributed by atoms with E-state index in [0.29, 0.717) is 23.5 Å². The average Bonchev–Trinajstić information content (AvgIpc) is 3.45. The Hall–Kier alpha value is -3.49. The number of likely N-dealkylation sites (tertiary alicyclic amines) is 1. The normalized spacial score (nSPS) is 20.4. The lowest BCUT2D eigenvalue weighted by Gasteiger charge is -2.29. The van der Waals surface area contributed by atoms with Crippen molar-refractivity contribution in [3.63, 3.8) is 0 Å². The van der Waals surface area contributed by atoms with Crippen LogP contribution in [0.3, 0.4) is 0 Å². The standard InChI is InChI=1S/C20H20N2O7/c1-26-14-7-5-12-16(17(14)27-2)20(25)29-19(12)22-13(6-8-15(22)23)18(24)21-10-11-4-3-9-28-11/h3-5,7,9,13,19H,6,8,10H2,1-2H3,(H,21,24)/t13-,19+/m1/s1. The van der Waals surface area contributed by atoms with E-state index in [1.165, 1.54) is 25.4 Å². The fourth-order valence-corrected chi connectivity index (χ4v) is 3.75. The van der Waals surface area contributed by atoms with Gasteiger partial charge in [0.1, 0.15) is 17.4 Å². The number of nitrogens with one attached hydrogen (secondary N) is 1. The van der Waals surface area contributed by atoms with E-state index in [2.05, 4.69) is 5.32 Å². The number of hydrogen-bond acceptors (Lipinski definition) is 7. The number of furan rings is 1. The van der Waals surface area contributed by atoms with Crippen molar-refractivity contribution in [3.8, 4) is 11.5 Å². The first-order valence-corrected chi connectivity index (χ1v) is 9.12. The van der Waals surface area contributed by atoms with Crippen LogP contribution in [-0.4, -0.2) is 42.9 Å². The van der Waals surface area contributed by atoms with E-state index in [1.54, 1.807) is 24.3 Å². The van der Waals surface area contributed by atoms with Gasteiger partial charge in [0.05, 0.1) is 27.0 Å². The lowest BCUT2D eigenvalue weighted by molar-refractivity contribution is -0.145. The number of nitrogens with zero attached hydrogens (tertiary/aromatic N) is 1. The van der Waals surface area contributed by atoms with Gasteiger partial charge in [0.25, 0.3) is 0 Å². The quantitative estimate of drug-likeness (QED) is 0.737. The van der Waals surface area contributed by atoms with E-state index in [1.807, 2.05) is 0 Å². The van der Waals surface area contributed by atoms with Crippen LogP contribution in [-0.2, 0) is 20.9 Å². The number of rotatable bonds is 6. The van der Waals surface area contributed by atoms with Crippen molar-refractivity contribution in [2.45, 2.75) is 31.7 Å². The summed E-state index contributed by atoms with van der Waals surface area (Å²) < 4.78 is 21.3. The highest BCUT2D eigenvalue weighted by Crippen LogP contribution is 2.45. The Kier molecular flexibility index (Phi) is 4.87. The maximum absolute atomic E-state index is 12.7. The molecule has 2 aliphatic rings. The van der Waals surface area contributed by atoms with Gasteiger partial charge in [-0.1, -0.05) is 0 Å². The Morgan fingerprint density at radius 2 is 2.07 bits per heavy atom. The second kappa shape index (κ2) is 7.50. The monoisotopic (exact) mass is 400 g/mol. The highest BCUT2D eigenvalue weighted by atomic mass is 16.6. The molecule has 0 saturated carbocycles. The number of carbonyl (C=O) groups excluding carboxylic acids is 3. The van der Waals surface area contributed by atoms with Crippen molar-refractivity contribution in [2.75, 3.05) is 14.2 Å². The van der Waals surface area contributed by atoms with Crippen LogP contribution < -0.4 is 14.8 Å². The molecule has 0 radical (unpaired) electrons. The fourth-order valence-electron chi connectivity index (χ4n) is 3.75. The van der Waals surface area contributed by atoms with Gasteiger partial charge in [-0.3, -0.25) is 14.5 Å². The molecule has 4 rings (SSSR count). The molecule has 1 saturated heterocycles. The summed E-state index contributed by atoms with van der Waals surface area (Å²) in [6.45, 7) is 0.205. The van der Waals surface area contributed by atoms with Gasteiger partial charge in [0.2, 0.25) is 18.0 Å². The van der Waals surface area contributed by atoms with E-state index < -0.39 is 18.2 Å². The molecule has 0 bridgehead atoms. The molecule has 0 spiro atoms. The lowest BCUT2D eigenvalue weighted by atomic mass is 10.1. The Labute approximate surface area is 166 Å². The predicted molar refractivity (Wildman–Crippen MR) is 98.1 cm³/mol. The van der Waals surface area contributed by atoms with Crippen LogP contribution in [0.5, 0.6) is 11.5 Å². The van der Waals surface area contributed by atoms with Crippen molar-refractivity contribution < 1.29 is 33.0 Å². The van der Waals surface area contributed by atoms with Gasteiger partial charge < -0.3 is 23.9 Å². The van der Waals surface area contributed by atoms with E-state index >= 15 is 0 Å². The molecular weight excluding hydrogens is 380 g/mol. The van der Waals surface area contributed by atoms with Crippen LogP contribution in [0.4, 0.5) is 0 Å². The summed E-state index contributed by atoms with van der Waals surface area (Å²) in [5.41, 5.74) is 0.665. The lowest BCUT2D eigenvalue weighted by Crippen LogP contribution is -2.46. The molecule has 1 aromatic carbocycles. The van der Waals surface area contributed by atoms with Crippen molar-refractivity contribution in [1.82, 2.24) is 10.2 Å². The van der Waals surface area contributed by atoms with Gasteiger partial charge in [0, 0.05) is 12.0 Å². The molecule has 2 atom stereocenters. The largest absolute Gasteiger partial charge is 0.493 e. The molecule has 1 N–H and O–H groups in total. The number of esters is 1. The van der Waals surface area contributed by atoms with Crippen LogP contribution in [0.2, 0.25) is 0 Å². The molecule has 1 aromatic heterocycles. The molecule has 29 heavy (non-hydrogen) atoms. The maximum Gasteiger partial charge on any atom is 0.344 e. The Morgan fingerprint density at radius 3 is 2.76 bits per heavy atom. The Bertz CT molecular complexity index is 954. The first kappa shape index (κ1) is 18.9. The van der Waals surface area contributed by atoms with Crippen molar-refractivity contribution in [1.29, 1.82) is 0 Å². The summed E-state index contributed by atoms with van der Waals surface area (Å²) in [7, 11) is 2.88. The molecule has 1 fully saturated rings. The van der Waals surface area contributed by atoms with E-state index in [9.17, 15) is 14.4 Å². The molecule has 0 aliphatic carbocycles. The topological polar surface area (TPSA) is 107 Å². The van der Waals surface area contributed by atoms with Crippen LogP contribution >= 0.6 is 0 Å². The Balaban J connectivity index is 1.61. The summed E-state index contributed by atoms with van der Waals surface area (Å²) in [6.07, 6.45) is 1.05. The Morgan fingerprint density at radius 1 is 1.24 bits per heavy atom. The molecule has 152 valence electrons. The number of carbonyl (C=O) groups is 3. The molecule has 2 aromatic rings. The average molecular weight is 400 g/mol. The van der Waals surface area contributed by atoms with E-state index in [0.717, 1.165) is 0 Å². The number of amides is 2. The van der Waals surface area contributed by atoms with Gasteiger partial charge >= 0.3 is 5.97 Å². The first-order chi connectivity index (χ1) is 14.0.